The highest BCUT2D eigenvalue weighted by atomic mass is 14.8. The van der Waals surface area contributed by atoms with Crippen molar-refractivity contribution in [1.29, 1.82) is 0 Å². The Balaban J connectivity index is 5.50. The van der Waals surface area contributed by atoms with E-state index >= 15 is 0 Å². The largest absolute Gasteiger partial charge is 0.330 e. The molecule has 0 atom stereocenters. The molecule has 0 saturated heterocycles. The van der Waals surface area contributed by atoms with Gasteiger partial charge in [-0.25, -0.2) is 0 Å². The zero-order chi connectivity index (χ0) is 28.2. The summed E-state index contributed by atoms with van der Waals surface area (Å²) in [6.45, 7) is 10.1. The van der Waals surface area contributed by atoms with Gasteiger partial charge in [-0.3, -0.25) is 0 Å². The second-order valence-corrected chi connectivity index (χ2v) is 13.0. The molecule has 0 aliphatic rings. The van der Waals surface area contributed by atoms with Gasteiger partial charge in [-0.05, 0) is 44.1 Å². The molecule has 0 spiro atoms. The van der Waals surface area contributed by atoms with E-state index in [2.05, 4.69) is 27.7 Å². The average molecular weight is 537 g/mol. The van der Waals surface area contributed by atoms with Crippen molar-refractivity contribution in [3.05, 3.63) is 0 Å². The van der Waals surface area contributed by atoms with E-state index in [1.807, 2.05) is 0 Å². The first-order chi connectivity index (χ1) is 18.6. The molecule has 0 aromatic heterocycles. The SMILES string of the molecule is CCCCCCCCC(N)(CCCCCCCC)C(CCN)(CCCCCCCC)CCCCCCCC. The molecule has 0 aromatic carbocycles. The first-order valence-electron chi connectivity index (χ1n) is 18.0. The molecule has 0 unspecified atom stereocenters. The van der Waals surface area contributed by atoms with Crippen LogP contribution in [0.15, 0.2) is 0 Å². The molecule has 0 heterocycles. The molecule has 0 fully saturated rings. The summed E-state index contributed by atoms with van der Waals surface area (Å²) in [4.78, 5) is 0. The Labute approximate surface area is 242 Å². The van der Waals surface area contributed by atoms with Gasteiger partial charge >= 0.3 is 0 Å². The third-order valence-corrected chi connectivity index (χ3v) is 9.65. The van der Waals surface area contributed by atoms with Crippen LogP contribution in [0.4, 0.5) is 0 Å². The maximum atomic E-state index is 7.71. The molecule has 0 aliphatic carbocycles. The molecular formula is C36H76N2. The minimum atomic E-state index is -0.0330. The minimum absolute atomic E-state index is 0.0330. The number of hydrogen-bond donors (Lipinski definition) is 2. The van der Waals surface area contributed by atoms with Gasteiger partial charge in [0.2, 0.25) is 0 Å². The maximum Gasteiger partial charge on any atom is 0.0211 e. The predicted molar refractivity (Wildman–Crippen MR) is 175 cm³/mol. The lowest BCUT2D eigenvalue weighted by Crippen LogP contribution is -2.56. The highest BCUT2D eigenvalue weighted by molar-refractivity contribution is 5.02. The van der Waals surface area contributed by atoms with E-state index in [9.17, 15) is 0 Å². The summed E-state index contributed by atoms with van der Waals surface area (Å²) >= 11 is 0. The summed E-state index contributed by atoms with van der Waals surface area (Å²) in [6.07, 6.45) is 39.1. The molecule has 4 N–H and O–H groups in total. The molecule has 230 valence electrons. The van der Waals surface area contributed by atoms with Gasteiger partial charge in [-0.2, -0.15) is 0 Å². The van der Waals surface area contributed by atoms with E-state index < -0.39 is 0 Å². The Bertz CT molecular complexity index is 428. The van der Waals surface area contributed by atoms with Crippen LogP contribution in [0.1, 0.15) is 214 Å². The van der Waals surface area contributed by atoms with E-state index in [1.165, 1.54) is 180 Å². The first-order valence-corrected chi connectivity index (χ1v) is 18.0. The Morgan fingerprint density at radius 2 is 0.605 bits per heavy atom. The normalized spacial score (nSPS) is 12.5. The molecule has 0 saturated carbocycles. The van der Waals surface area contributed by atoms with E-state index in [4.69, 9.17) is 11.5 Å². The van der Waals surface area contributed by atoms with Crippen molar-refractivity contribution >= 4 is 0 Å². The first kappa shape index (κ1) is 37.9. The third-order valence-electron chi connectivity index (χ3n) is 9.65. The van der Waals surface area contributed by atoms with Gasteiger partial charge in [-0.1, -0.05) is 182 Å². The number of nitrogens with two attached hydrogens (primary N) is 2. The van der Waals surface area contributed by atoms with Crippen molar-refractivity contribution in [2.24, 2.45) is 16.9 Å². The zero-order valence-corrected chi connectivity index (χ0v) is 27.4. The van der Waals surface area contributed by atoms with Gasteiger partial charge in [0.15, 0.2) is 0 Å². The summed E-state index contributed by atoms with van der Waals surface area (Å²) in [7, 11) is 0. The van der Waals surface area contributed by atoms with Crippen LogP contribution in [-0.2, 0) is 0 Å². The lowest BCUT2D eigenvalue weighted by Gasteiger charge is -2.50. The van der Waals surface area contributed by atoms with Crippen LogP contribution in [0.2, 0.25) is 0 Å². The van der Waals surface area contributed by atoms with Crippen LogP contribution in [0.5, 0.6) is 0 Å². The fourth-order valence-corrected chi connectivity index (χ4v) is 6.98. The van der Waals surface area contributed by atoms with Crippen LogP contribution in [0.25, 0.3) is 0 Å². The Kier molecular flexibility index (Phi) is 27.1. The lowest BCUT2D eigenvalue weighted by molar-refractivity contribution is 0.0563. The van der Waals surface area contributed by atoms with E-state index in [0.29, 0.717) is 0 Å². The fourth-order valence-electron chi connectivity index (χ4n) is 6.98. The van der Waals surface area contributed by atoms with Crippen molar-refractivity contribution in [2.45, 2.75) is 219 Å². The quantitative estimate of drug-likeness (QED) is 0.0865. The van der Waals surface area contributed by atoms with E-state index in [-0.39, 0.29) is 11.0 Å². The standard InChI is InChI=1S/C36H76N2/c1-5-9-13-17-21-25-29-35(33-34-37,30-26-22-18-14-10-6-2)36(38,31-27-23-19-15-11-7-3)32-28-24-20-16-12-8-4/h5-34,37-38H2,1-4H3. The average Bonchev–Trinajstić information content (AvgIpc) is 2.92. The van der Waals surface area contributed by atoms with Crippen LogP contribution >= 0.6 is 0 Å². The molecular weight excluding hydrogens is 460 g/mol. The number of unbranched alkanes of at least 4 members (excludes halogenated alkanes) is 20. The predicted octanol–water partition coefficient (Wildman–Crippen LogP) is 12.0. The van der Waals surface area contributed by atoms with Crippen molar-refractivity contribution in [3.8, 4) is 0 Å². The summed E-state index contributed by atoms with van der Waals surface area (Å²) in [6, 6.07) is 0. The summed E-state index contributed by atoms with van der Waals surface area (Å²) in [5.41, 5.74) is 14.3. The maximum absolute atomic E-state index is 7.71. The lowest BCUT2D eigenvalue weighted by atomic mass is 9.58. The Morgan fingerprint density at radius 1 is 0.342 bits per heavy atom. The van der Waals surface area contributed by atoms with Gasteiger partial charge in [0.05, 0.1) is 0 Å². The van der Waals surface area contributed by atoms with Gasteiger partial charge in [-0.15, -0.1) is 0 Å². The summed E-state index contributed by atoms with van der Waals surface area (Å²) in [5.74, 6) is 0. The molecule has 2 nitrogen and oxygen atoms in total. The molecule has 0 aliphatic heterocycles. The monoisotopic (exact) mass is 537 g/mol. The minimum Gasteiger partial charge on any atom is -0.330 e. The van der Waals surface area contributed by atoms with Crippen LogP contribution < -0.4 is 11.5 Å². The molecule has 0 rings (SSSR count). The zero-order valence-electron chi connectivity index (χ0n) is 27.4. The molecule has 38 heavy (non-hydrogen) atoms. The third kappa shape index (κ3) is 18.3. The fraction of sp³-hybridized carbons (Fsp3) is 1.00. The second kappa shape index (κ2) is 27.1. The van der Waals surface area contributed by atoms with E-state index in [1.54, 1.807) is 0 Å². The van der Waals surface area contributed by atoms with Gasteiger partial charge in [0.1, 0.15) is 0 Å². The Hall–Kier alpha value is -0.0800. The van der Waals surface area contributed by atoms with Crippen molar-refractivity contribution in [3.63, 3.8) is 0 Å². The number of rotatable bonds is 31. The van der Waals surface area contributed by atoms with Gasteiger partial charge in [0, 0.05) is 5.54 Å². The van der Waals surface area contributed by atoms with E-state index in [0.717, 1.165) is 13.0 Å². The van der Waals surface area contributed by atoms with Crippen molar-refractivity contribution in [2.75, 3.05) is 6.54 Å². The van der Waals surface area contributed by atoms with Crippen molar-refractivity contribution < 1.29 is 0 Å². The summed E-state index contributed by atoms with van der Waals surface area (Å²) in [5, 5.41) is 0. The number of hydrogen-bond acceptors (Lipinski definition) is 2. The molecule has 0 radical (unpaired) electrons. The molecule has 2 heteroatoms. The smallest absolute Gasteiger partial charge is 0.0211 e. The molecule has 0 bridgehead atoms. The second-order valence-electron chi connectivity index (χ2n) is 13.0. The van der Waals surface area contributed by atoms with Crippen molar-refractivity contribution in [1.82, 2.24) is 0 Å². The van der Waals surface area contributed by atoms with Crippen LogP contribution in [0, 0.1) is 5.41 Å². The topological polar surface area (TPSA) is 52.0 Å². The van der Waals surface area contributed by atoms with Gasteiger partial charge < -0.3 is 11.5 Å². The highest BCUT2D eigenvalue weighted by Crippen LogP contribution is 2.48. The highest BCUT2D eigenvalue weighted by Gasteiger charge is 2.46. The summed E-state index contributed by atoms with van der Waals surface area (Å²) < 4.78 is 0. The molecule has 0 aromatic rings. The van der Waals surface area contributed by atoms with Crippen LogP contribution in [0.3, 0.4) is 0 Å². The van der Waals surface area contributed by atoms with Gasteiger partial charge in [0.25, 0.3) is 0 Å². The Morgan fingerprint density at radius 3 is 0.895 bits per heavy atom. The molecule has 0 amide bonds. The van der Waals surface area contributed by atoms with Crippen LogP contribution in [-0.4, -0.2) is 12.1 Å².